The van der Waals surface area contributed by atoms with Crippen molar-refractivity contribution in [3.05, 3.63) is 29.8 Å². The van der Waals surface area contributed by atoms with Gasteiger partial charge in [-0.3, -0.25) is 4.79 Å². The molecule has 0 spiro atoms. The fourth-order valence-corrected chi connectivity index (χ4v) is 6.96. The van der Waals surface area contributed by atoms with E-state index in [1.54, 1.807) is 0 Å². The van der Waals surface area contributed by atoms with Gasteiger partial charge in [0.1, 0.15) is 0 Å². The standard InChI is InChI=1S/C15H21NO7S2/c1-22-14(23-2)9-16-15(17)11-4-3-5-12(8-11)25(20,21)13-6-7-24(18,19)10-13/h3-5,8,13-14H,6-7,9-10H2,1-2H3,(H,16,17). The third-order valence-corrected chi connectivity index (χ3v) is 8.18. The first-order valence-electron chi connectivity index (χ1n) is 7.58. The van der Waals surface area contributed by atoms with Gasteiger partial charge in [-0.25, -0.2) is 16.8 Å². The van der Waals surface area contributed by atoms with E-state index < -0.39 is 37.1 Å². The van der Waals surface area contributed by atoms with Crippen LogP contribution < -0.4 is 5.32 Å². The topological polar surface area (TPSA) is 116 Å². The molecule has 8 nitrogen and oxygen atoms in total. The van der Waals surface area contributed by atoms with Gasteiger partial charge in [0, 0.05) is 19.8 Å². The number of sulfone groups is 2. The third-order valence-electron chi connectivity index (χ3n) is 4.01. The number of rotatable bonds is 7. The minimum absolute atomic E-state index is 0.0581. The second-order valence-corrected chi connectivity index (χ2v) is 10.2. The predicted molar refractivity (Wildman–Crippen MR) is 90.8 cm³/mol. The molecule has 1 atom stereocenters. The van der Waals surface area contributed by atoms with Crippen LogP contribution in [-0.2, 0) is 29.1 Å². The van der Waals surface area contributed by atoms with Gasteiger partial charge in [0.15, 0.2) is 26.0 Å². The van der Waals surface area contributed by atoms with Crippen LogP contribution in [0, 0.1) is 0 Å². The molecule has 1 aliphatic heterocycles. The summed E-state index contributed by atoms with van der Waals surface area (Å²) in [5.74, 6) is -0.989. The van der Waals surface area contributed by atoms with E-state index in [0.717, 1.165) is 0 Å². The van der Waals surface area contributed by atoms with Crippen LogP contribution in [0.2, 0.25) is 0 Å². The summed E-state index contributed by atoms with van der Waals surface area (Å²) in [7, 11) is -4.27. The fraction of sp³-hybridized carbons (Fsp3) is 0.533. The van der Waals surface area contributed by atoms with Crippen molar-refractivity contribution in [2.75, 3.05) is 32.3 Å². The van der Waals surface area contributed by atoms with Gasteiger partial charge in [-0.2, -0.15) is 0 Å². The zero-order valence-electron chi connectivity index (χ0n) is 14.0. The SMILES string of the molecule is COC(CNC(=O)c1cccc(S(=O)(=O)C2CCS(=O)(=O)C2)c1)OC. The van der Waals surface area contributed by atoms with Crippen LogP contribution in [0.5, 0.6) is 0 Å². The lowest BCUT2D eigenvalue weighted by Crippen LogP contribution is -2.34. The van der Waals surface area contributed by atoms with Crippen molar-refractivity contribution in [3.8, 4) is 0 Å². The lowest BCUT2D eigenvalue weighted by Gasteiger charge is -2.15. The molecule has 1 aromatic carbocycles. The Labute approximate surface area is 147 Å². The molecule has 0 saturated carbocycles. The summed E-state index contributed by atoms with van der Waals surface area (Å²) in [6.07, 6.45) is -0.538. The van der Waals surface area contributed by atoms with Gasteiger partial charge in [0.05, 0.1) is 28.2 Å². The first kappa shape index (κ1) is 19.8. The molecule has 25 heavy (non-hydrogen) atoms. The highest BCUT2D eigenvalue weighted by molar-refractivity contribution is 7.96. The summed E-state index contributed by atoms with van der Waals surface area (Å²) in [5, 5.41) is 1.61. The van der Waals surface area contributed by atoms with Crippen LogP contribution in [0.25, 0.3) is 0 Å². The molecule has 0 radical (unpaired) electrons. The Morgan fingerprint density at radius 1 is 1.32 bits per heavy atom. The summed E-state index contributed by atoms with van der Waals surface area (Å²) >= 11 is 0. The molecule has 10 heteroatoms. The van der Waals surface area contributed by atoms with Crippen molar-refractivity contribution in [3.63, 3.8) is 0 Å². The molecule has 1 N–H and O–H groups in total. The molecule has 1 saturated heterocycles. The summed E-state index contributed by atoms with van der Waals surface area (Å²) in [5.41, 5.74) is 0.160. The monoisotopic (exact) mass is 391 g/mol. The van der Waals surface area contributed by atoms with E-state index in [1.165, 1.54) is 38.5 Å². The largest absolute Gasteiger partial charge is 0.354 e. The second-order valence-electron chi connectivity index (χ2n) is 5.71. The summed E-state index contributed by atoms with van der Waals surface area (Å²) < 4.78 is 58.3. The number of benzene rings is 1. The number of nitrogens with one attached hydrogen (secondary N) is 1. The molecule has 1 fully saturated rings. The Kier molecular flexibility index (Phi) is 6.20. The molecular weight excluding hydrogens is 370 g/mol. The second kappa shape index (κ2) is 7.81. The summed E-state index contributed by atoms with van der Waals surface area (Å²) in [4.78, 5) is 12.1. The molecular formula is C15H21NO7S2. The lowest BCUT2D eigenvalue weighted by atomic mass is 10.2. The van der Waals surface area contributed by atoms with E-state index in [-0.39, 0.29) is 34.9 Å². The van der Waals surface area contributed by atoms with E-state index in [0.29, 0.717) is 0 Å². The number of hydrogen-bond acceptors (Lipinski definition) is 7. The fourth-order valence-electron chi connectivity index (χ4n) is 2.55. The van der Waals surface area contributed by atoms with Crippen molar-refractivity contribution >= 4 is 25.6 Å². The van der Waals surface area contributed by atoms with Crippen molar-refractivity contribution in [1.82, 2.24) is 5.32 Å². The van der Waals surface area contributed by atoms with Crippen molar-refractivity contribution in [1.29, 1.82) is 0 Å². The highest BCUT2D eigenvalue weighted by atomic mass is 32.2. The van der Waals surface area contributed by atoms with Gasteiger partial charge in [-0.1, -0.05) is 6.07 Å². The zero-order valence-corrected chi connectivity index (χ0v) is 15.6. The molecule has 140 valence electrons. The van der Waals surface area contributed by atoms with Crippen molar-refractivity contribution in [2.45, 2.75) is 22.9 Å². The van der Waals surface area contributed by atoms with Crippen LogP contribution in [0.1, 0.15) is 16.8 Å². The van der Waals surface area contributed by atoms with Gasteiger partial charge in [0.25, 0.3) is 5.91 Å². The maximum Gasteiger partial charge on any atom is 0.251 e. The van der Waals surface area contributed by atoms with E-state index in [4.69, 9.17) is 9.47 Å². The van der Waals surface area contributed by atoms with E-state index in [9.17, 15) is 21.6 Å². The van der Waals surface area contributed by atoms with Crippen molar-refractivity contribution < 1.29 is 31.1 Å². The molecule has 1 amide bonds. The molecule has 1 aliphatic rings. The number of hydrogen-bond donors (Lipinski definition) is 1. The maximum absolute atomic E-state index is 12.6. The first-order valence-corrected chi connectivity index (χ1v) is 10.9. The number of methoxy groups -OCH3 is 2. The molecule has 0 aliphatic carbocycles. The van der Waals surface area contributed by atoms with Gasteiger partial charge in [-0.15, -0.1) is 0 Å². The molecule has 1 heterocycles. The minimum atomic E-state index is -3.81. The Balaban J connectivity index is 2.17. The normalized spacial score (nSPS) is 19.9. The van der Waals surface area contributed by atoms with Crippen LogP contribution in [0.3, 0.4) is 0 Å². The van der Waals surface area contributed by atoms with Gasteiger partial charge in [0.2, 0.25) is 0 Å². The Morgan fingerprint density at radius 2 is 2.00 bits per heavy atom. The molecule has 0 aromatic heterocycles. The number of carbonyl (C=O) groups is 1. The lowest BCUT2D eigenvalue weighted by molar-refractivity contribution is -0.0974. The first-order chi connectivity index (χ1) is 11.7. The highest BCUT2D eigenvalue weighted by Crippen LogP contribution is 2.25. The Morgan fingerprint density at radius 3 is 2.56 bits per heavy atom. The van der Waals surface area contributed by atoms with Crippen LogP contribution in [0.15, 0.2) is 29.2 Å². The number of amides is 1. The summed E-state index contributed by atoms with van der Waals surface area (Å²) in [6, 6.07) is 5.55. The smallest absolute Gasteiger partial charge is 0.251 e. The number of carbonyl (C=O) groups excluding carboxylic acids is 1. The highest BCUT2D eigenvalue weighted by Gasteiger charge is 2.38. The number of ether oxygens (including phenoxy) is 2. The minimum Gasteiger partial charge on any atom is -0.354 e. The average molecular weight is 391 g/mol. The maximum atomic E-state index is 12.6. The Bertz CT molecular complexity index is 829. The van der Waals surface area contributed by atoms with Gasteiger partial charge < -0.3 is 14.8 Å². The van der Waals surface area contributed by atoms with E-state index in [2.05, 4.69) is 5.32 Å². The quantitative estimate of drug-likeness (QED) is 0.650. The van der Waals surface area contributed by atoms with E-state index >= 15 is 0 Å². The average Bonchev–Trinajstić information content (AvgIpc) is 2.96. The molecule has 0 bridgehead atoms. The zero-order chi connectivity index (χ0) is 18.7. The third kappa shape index (κ3) is 4.78. The van der Waals surface area contributed by atoms with Crippen molar-refractivity contribution in [2.24, 2.45) is 0 Å². The van der Waals surface area contributed by atoms with Gasteiger partial charge in [-0.05, 0) is 24.6 Å². The van der Waals surface area contributed by atoms with E-state index in [1.807, 2.05) is 0 Å². The van der Waals surface area contributed by atoms with Crippen LogP contribution in [0.4, 0.5) is 0 Å². The van der Waals surface area contributed by atoms with Crippen LogP contribution >= 0.6 is 0 Å². The van der Waals surface area contributed by atoms with Crippen LogP contribution in [-0.4, -0.2) is 66.6 Å². The predicted octanol–water partition coefficient (Wildman–Crippen LogP) is -0.00390. The molecule has 1 aromatic rings. The molecule has 1 unspecified atom stereocenters. The Hall–Kier alpha value is -1.49. The van der Waals surface area contributed by atoms with Gasteiger partial charge >= 0.3 is 0 Å². The summed E-state index contributed by atoms with van der Waals surface area (Å²) in [6.45, 7) is 0.101. The molecule has 2 rings (SSSR count).